The van der Waals surface area contributed by atoms with Crippen LogP contribution in [0.4, 0.5) is 4.39 Å². The van der Waals surface area contributed by atoms with Gasteiger partial charge in [-0.25, -0.2) is 13.6 Å². The second-order valence-corrected chi connectivity index (χ2v) is 7.44. The number of fused-ring (bicyclic) bond motifs is 3. The molecule has 0 spiro atoms. The summed E-state index contributed by atoms with van der Waals surface area (Å²) >= 11 is 0. The minimum absolute atomic E-state index is 0.0495. The molecule has 0 fully saturated rings. The molecule has 0 saturated carbocycles. The SMILES string of the molecule is COc1ccc(-c2nnc3n(Cc4ccccc4F)c4c(=O)n(C)c(=O)n(C)c4n23)cc1. The topological polar surface area (TPSA) is 88.3 Å². The number of methoxy groups -OCH3 is 1. The monoisotopic (exact) mass is 434 g/mol. The fourth-order valence-electron chi connectivity index (χ4n) is 3.93. The van der Waals surface area contributed by atoms with Gasteiger partial charge in [-0.05, 0) is 30.3 Å². The second kappa shape index (κ2) is 7.19. The highest BCUT2D eigenvalue weighted by Crippen LogP contribution is 2.26. The standard InChI is InChI=1S/C22H19FN6O3/c1-26-19-17(20(30)27(2)22(26)31)28(12-14-6-4-5-7-16(14)23)21-25-24-18(29(19)21)13-8-10-15(32-3)11-9-13/h4-11H,12H2,1-3H3. The Morgan fingerprint density at radius 1 is 0.969 bits per heavy atom. The molecular formula is C22H19FN6O3. The maximum absolute atomic E-state index is 14.4. The number of nitrogens with zero attached hydrogens (tertiary/aromatic N) is 6. The molecule has 3 heterocycles. The number of aryl methyl sites for hydroxylation is 1. The molecule has 162 valence electrons. The first-order valence-corrected chi connectivity index (χ1v) is 9.83. The first-order chi connectivity index (χ1) is 15.4. The van der Waals surface area contributed by atoms with Gasteiger partial charge in [0.1, 0.15) is 11.6 Å². The van der Waals surface area contributed by atoms with Crippen LogP contribution in [-0.4, -0.2) is 35.4 Å². The van der Waals surface area contributed by atoms with Gasteiger partial charge in [0.2, 0.25) is 5.78 Å². The number of benzene rings is 2. The van der Waals surface area contributed by atoms with Crippen molar-refractivity contribution in [1.29, 1.82) is 0 Å². The number of hydrogen-bond donors (Lipinski definition) is 0. The van der Waals surface area contributed by atoms with Gasteiger partial charge in [0.25, 0.3) is 5.56 Å². The smallest absolute Gasteiger partial charge is 0.332 e. The summed E-state index contributed by atoms with van der Waals surface area (Å²) in [5, 5.41) is 8.61. The van der Waals surface area contributed by atoms with Gasteiger partial charge in [-0.15, -0.1) is 10.2 Å². The van der Waals surface area contributed by atoms with Crippen LogP contribution in [0.1, 0.15) is 5.56 Å². The first kappa shape index (κ1) is 19.7. The Balaban J connectivity index is 1.89. The Bertz CT molecular complexity index is 1610. The van der Waals surface area contributed by atoms with Crippen LogP contribution in [0.15, 0.2) is 58.1 Å². The van der Waals surface area contributed by atoms with Gasteiger partial charge in [-0.1, -0.05) is 18.2 Å². The molecule has 2 aromatic carbocycles. The van der Waals surface area contributed by atoms with Crippen LogP contribution in [0.3, 0.4) is 0 Å². The fourth-order valence-corrected chi connectivity index (χ4v) is 3.93. The molecule has 0 saturated heterocycles. The quantitative estimate of drug-likeness (QED) is 0.431. The highest BCUT2D eigenvalue weighted by atomic mass is 19.1. The van der Waals surface area contributed by atoms with Crippen LogP contribution < -0.4 is 16.0 Å². The summed E-state index contributed by atoms with van der Waals surface area (Å²) in [7, 11) is 4.57. The van der Waals surface area contributed by atoms with E-state index in [4.69, 9.17) is 4.74 Å². The molecular weight excluding hydrogens is 415 g/mol. The summed E-state index contributed by atoms with van der Waals surface area (Å²) < 4.78 is 25.3. The van der Waals surface area contributed by atoms with Gasteiger partial charge in [0, 0.05) is 25.2 Å². The van der Waals surface area contributed by atoms with Crippen LogP contribution in [0, 0.1) is 5.82 Å². The molecule has 0 unspecified atom stereocenters. The number of imidazole rings is 1. The van der Waals surface area contributed by atoms with Crippen molar-refractivity contribution in [2.24, 2.45) is 14.1 Å². The zero-order chi connectivity index (χ0) is 22.6. The molecule has 5 rings (SSSR count). The lowest BCUT2D eigenvalue weighted by Crippen LogP contribution is -2.37. The Labute approximate surface area is 180 Å². The molecule has 3 aromatic heterocycles. The largest absolute Gasteiger partial charge is 0.497 e. The fraction of sp³-hybridized carbons (Fsp3) is 0.182. The molecule has 0 aliphatic rings. The number of halogens is 1. The number of rotatable bonds is 4. The first-order valence-electron chi connectivity index (χ1n) is 9.83. The highest BCUT2D eigenvalue weighted by molar-refractivity contribution is 5.80. The predicted octanol–water partition coefficient (Wildman–Crippen LogP) is 1.94. The molecule has 0 atom stereocenters. The van der Waals surface area contributed by atoms with E-state index in [-0.39, 0.29) is 12.1 Å². The summed E-state index contributed by atoms with van der Waals surface area (Å²) in [6.45, 7) is 0.0495. The van der Waals surface area contributed by atoms with E-state index in [1.54, 1.807) is 53.5 Å². The third-order valence-electron chi connectivity index (χ3n) is 5.61. The minimum atomic E-state index is -0.495. The van der Waals surface area contributed by atoms with Crippen LogP contribution in [-0.2, 0) is 20.6 Å². The van der Waals surface area contributed by atoms with Crippen LogP contribution in [0.25, 0.3) is 28.3 Å². The molecule has 10 heteroatoms. The average Bonchev–Trinajstić information content (AvgIpc) is 3.37. The normalized spacial score (nSPS) is 11.5. The van der Waals surface area contributed by atoms with Crippen molar-refractivity contribution in [3.05, 3.63) is 80.7 Å². The van der Waals surface area contributed by atoms with E-state index in [9.17, 15) is 14.0 Å². The average molecular weight is 434 g/mol. The molecule has 0 amide bonds. The molecule has 9 nitrogen and oxygen atoms in total. The molecule has 0 radical (unpaired) electrons. The van der Waals surface area contributed by atoms with Crippen LogP contribution in [0.2, 0.25) is 0 Å². The second-order valence-electron chi connectivity index (χ2n) is 7.44. The van der Waals surface area contributed by atoms with Crippen molar-refractivity contribution in [2.45, 2.75) is 6.54 Å². The van der Waals surface area contributed by atoms with Crippen LogP contribution in [0.5, 0.6) is 5.75 Å². The molecule has 0 aliphatic carbocycles. The summed E-state index contributed by atoms with van der Waals surface area (Å²) in [5.74, 6) is 1.05. The number of hydrogen-bond acceptors (Lipinski definition) is 5. The van der Waals surface area contributed by atoms with E-state index >= 15 is 0 Å². The van der Waals surface area contributed by atoms with Crippen molar-refractivity contribution >= 4 is 16.9 Å². The summed E-state index contributed by atoms with van der Waals surface area (Å²) in [6, 6.07) is 13.5. The van der Waals surface area contributed by atoms with Gasteiger partial charge in [-0.3, -0.25) is 18.5 Å². The van der Waals surface area contributed by atoms with E-state index in [2.05, 4.69) is 10.2 Å². The molecule has 0 aliphatic heterocycles. The van der Waals surface area contributed by atoms with E-state index in [0.717, 1.165) is 10.1 Å². The van der Waals surface area contributed by atoms with Crippen molar-refractivity contribution in [2.75, 3.05) is 7.11 Å². The lowest BCUT2D eigenvalue weighted by atomic mass is 10.2. The minimum Gasteiger partial charge on any atom is -0.497 e. The lowest BCUT2D eigenvalue weighted by Gasteiger charge is -2.08. The predicted molar refractivity (Wildman–Crippen MR) is 116 cm³/mol. The molecule has 0 N–H and O–H groups in total. The Kier molecular flexibility index (Phi) is 4.43. The summed E-state index contributed by atoms with van der Waals surface area (Å²) in [5.41, 5.74) is 0.693. The highest BCUT2D eigenvalue weighted by Gasteiger charge is 2.24. The van der Waals surface area contributed by atoms with E-state index < -0.39 is 17.1 Å². The maximum atomic E-state index is 14.4. The zero-order valence-corrected chi connectivity index (χ0v) is 17.6. The molecule has 5 aromatic rings. The van der Waals surface area contributed by atoms with Crippen molar-refractivity contribution in [3.8, 4) is 17.1 Å². The summed E-state index contributed by atoms with van der Waals surface area (Å²) in [4.78, 5) is 25.9. The Morgan fingerprint density at radius 2 is 1.69 bits per heavy atom. The number of aromatic nitrogens is 6. The Hall–Kier alpha value is -4.21. The third-order valence-corrected chi connectivity index (χ3v) is 5.61. The van der Waals surface area contributed by atoms with Gasteiger partial charge in [0.05, 0.1) is 13.7 Å². The molecule has 0 bridgehead atoms. The van der Waals surface area contributed by atoms with Crippen molar-refractivity contribution in [1.82, 2.24) is 28.3 Å². The van der Waals surface area contributed by atoms with Gasteiger partial charge >= 0.3 is 5.69 Å². The van der Waals surface area contributed by atoms with E-state index in [1.807, 2.05) is 12.1 Å². The lowest BCUT2D eigenvalue weighted by molar-refractivity contribution is 0.415. The van der Waals surface area contributed by atoms with Crippen LogP contribution >= 0.6 is 0 Å². The van der Waals surface area contributed by atoms with Crippen molar-refractivity contribution in [3.63, 3.8) is 0 Å². The summed E-state index contributed by atoms with van der Waals surface area (Å²) in [6.07, 6.45) is 0. The van der Waals surface area contributed by atoms with Gasteiger partial charge < -0.3 is 4.74 Å². The van der Waals surface area contributed by atoms with Gasteiger partial charge in [-0.2, -0.15) is 0 Å². The number of ether oxygens (including phenoxy) is 1. The third kappa shape index (κ3) is 2.76. The van der Waals surface area contributed by atoms with Gasteiger partial charge in [0.15, 0.2) is 17.0 Å². The molecule has 32 heavy (non-hydrogen) atoms. The maximum Gasteiger partial charge on any atom is 0.332 e. The Morgan fingerprint density at radius 3 is 2.38 bits per heavy atom. The van der Waals surface area contributed by atoms with E-state index in [0.29, 0.717) is 28.6 Å². The zero-order valence-electron chi connectivity index (χ0n) is 17.6. The van der Waals surface area contributed by atoms with Crippen molar-refractivity contribution < 1.29 is 9.13 Å². The van der Waals surface area contributed by atoms with E-state index in [1.165, 1.54) is 17.7 Å².